The van der Waals surface area contributed by atoms with Crippen molar-refractivity contribution >= 4 is 11.4 Å². The first-order valence-electron chi connectivity index (χ1n) is 6.21. The van der Waals surface area contributed by atoms with Crippen LogP contribution in [0.2, 0.25) is 0 Å². The van der Waals surface area contributed by atoms with Crippen LogP contribution in [0.4, 0.5) is 11.4 Å². The van der Waals surface area contributed by atoms with E-state index in [0.29, 0.717) is 6.54 Å². The van der Waals surface area contributed by atoms with Crippen LogP contribution in [0.1, 0.15) is 16.9 Å². The topological polar surface area (TPSA) is 85.5 Å². The summed E-state index contributed by atoms with van der Waals surface area (Å²) in [5, 5.41) is 10.9. The summed E-state index contributed by atoms with van der Waals surface area (Å²) in [6.07, 6.45) is 1.66. The van der Waals surface area contributed by atoms with Crippen LogP contribution in [0.3, 0.4) is 0 Å². The Hall–Kier alpha value is -2.34. The molecule has 1 heterocycles. The lowest BCUT2D eigenvalue weighted by molar-refractivity contribution is -0.384. The lowest BCUT2D eigenvalue weighted by Gasteiger charge is -2.16. The summed E-state index contributed by atoms with van der Waals surface area (Å²) < 4.78 is 5.25. The summed E-state index contributed by atoms with van der Waals surface area (Å²) in [4.78, 5) is 12.5. The molecule has 0 saturated heterocycles. The minimum Gasteiger partial charge on any atom is -0.469 e. The summed E-state index contributed by atoms with van der Waals surface area (Å²) in [5.41, 5.74) is 7.69. The Morgan fingerprint density at radius 1 is 1.35 bits per heavy atom. The molecule has 20 heavy (non-hydrogen) atoms. The SMILES string of the molecule is Cc1occc1CN(C)Cc1ccc(N)c([N+](=O)[O-])c1. The summed E-state index contributed by atoms with van der Waals surface area (Å²) >= 11 is 0. The zero-order valence-corrected chi connectivity index (χ0v) is 11.5. The van der Waals surface area contributed by atoms with E-state index in [1.54, 1.807) is 18.4 Å². The first-order chi connectivity index (χ1) is 9.47. The minimum absolute atomic E-state index is 0.0459. The van der Waals surface area contributed by atoms with Crippen LogP contribution < -0.4 is 5.73 Å². The summed E-state index contributed by atoms with van der Waals surface area (Å²) in [6.45, 7) is 3.24. The Morgan fingerprint density at radius 3 is 2.70 bits per heavy atom. The van der Waals surface area contributed by atoms with Gasteiger partial charge in [0.15, 0.2) is 0 Å². The van der Waals surface area contributed by atoms with Gasteiger partial charge in [-0.1, -0.05) is 6.07 Å². The maximum absolute atomic E-state index is 10.9. The Balaban J connectivity index is 2.08. The third-order valence-electron chi connectivity index (χ3n) is 3.15. The number of nitro groups is 1. The normalized spacial score (nSPS) is 10.9. The third-order valence-corrected chi connectivity index (χ3v) is 3.15. The van der Waals surface area contributed by atoms with Gasteiger partial charge in [-0.3, -0.25) is 15.0 Å². The molecule has 0 radical (unpaired) electrons. The molecule has 2 rings (SSSR count). The number of hydrogen-bond acceptors (Lipinski definition) is 5. The van der Waals surface area contributed by atoms with Gasteiger partial charge in [0.25, 0.3) is 5.69 Å². The molecule has 1 aromatic carbocycles. The Bertz CT molecular complexity index is 622. The molecular weight excluding hydrogens is 258 g/mol. The molecule has 0 bridgehead atoms. The maximum Gasteiger partial charge on any atom is 0.292 e. The number of nitrogens with zero attached hydrogens (tertiary/aromatic N) is 2. The standard InChI is InChI=1S/C14H17N3O3/c1-10-12(5-6-20-10)9-16(2)8-11-3-4-13(15)14(7-11)17(18)19/h3-7H,8-9,15H2,1-2H3. The predicted molar refractivity (Wildman–Crippen MR) is 76.1 cm³/mol. The van der Waals surface area contributed by atoms with Crippen LogP contribution >= 0.6 is 0 Å². The van der Waals surface area contributed by atoms with Gasteiger partial charge in [-0.05, 0) is 31.7 Å². The van der Waals surface area contributed by atoms with E-state index in [4.69, 9.17) is 10.2 Å². The van der Waals surface area contributed by atoms with Gasteiger partial charge in [-0.25, -0.2) is 0 Å². The quantitative estimate of drug-likeness (QED) is 0.515. The molecule has 0 saturated carbocycles. The van der Waals surface area contributed by atoms with Crippen molar-refractivity contribution in [2.24, 2.45) is 0 Å². The highest BCUT2D eigenvalue weighted by molar-refractivity contribution is 5.59. The molecule has 106 valence electrons. The molecule has 0 fully saturated rings. The van der Waals surface area contributed by atoms with Gasteiger partial charge in [0.1, 0.15) is 11.4 Å². The molecule has 2 N–H and O–H groups in total. The lowest BCUT2D eigenvalue weighted by atomic mass is 10.1. The van der Waals surface area contributed by atoms with Crippen LogP contribution in [0.15, 0.2) is 34.9 Å². The van der Waals surface area contributed by atoms with E-state index >= 15 is 0 Å². The molecule has 0 atom stereocenters. The maximum atomic E-state index is 10.9. The number of furan rings is 1. The number of aryl methyl sites for hydroxylation is 1. The van der Waals surface area contributed by atoms with E-state index in [1.807, 2.05) is 20.0 Å². The molecule has 0 unspecified atom stereocenters. The molecule has 6 heteroatoms. The highest BCUT2D eigenvalue weighted by Gasteiger charge is 2.13. The van der Waals surface area contributed by atoms with E-state index in [9.17, 15) is 10.1 Å². The smallest absolute Gasteiger partial charge is 0.292 e. The third kappa shape index (κ3) is 3.16. The zero-order valence-electron chi connectivity index (χ0n) is 11.5. The minimum atomic E-state index is -0.459. The largest absolute Gasteiger partial charge is 0.469 e. The van der Waals surface area contributed by atoms with E-state index in [1.165, 1.54) is 6.07 Å². The summed E-state index contributed by atoms with van der Waals surface area (Å²) in [5.74, 6) is 0.889. The monoisotopic (exact) mass is 275 g/mol. The second-order valence-electron chi connectivity index (χ2n) is 4.82. The lowest BCUT2D eigenvalue weighted by Crippen LogP contribution is -2.17. The zero-order chi connectivity index (χ0) is 14.7. The highest BCUT2D eigenvalue weighted by Crippen LogP contribution is 2.23. The Labute approximate surface area is 116 Å². The molecule has 0 amide bonds. The number of rotatable bonds is 5. The van der Waals surface area contributed by atoms with Crippen molar-refractivity contribution in [1.82, 2.24) is 4.90 Å². The van der Waals surface area contributed by atoms with Crippen molar-refractivity contribution in [3.63, 3.8) is 0 Å². The Kier molecular flexibility index (Phi) is 4.05. The predicted octanol–water partition coefficient (Wildman–Crippen LogP) is 2.71. The van der Waals surface area contributed by atoms with Gasteiger partial charge < -0.3 is 10.2 Å². The van der Waals surface area contributed by atoms with Crippen molar-refractivity contribution in [2.45, 2.75) is 20.0 Å². The molecule has 0 aliphatic rings. The van der Waals surface area contributed by atoms with E-state index < -0.39 is 4.92 Å². The fourth-order valence-corrected chi connectivity index (χ4v) is 2.08. The molecule has 2 aromatic rings. The summed E-state index contributed by atoms with van der Waals surface area (Å²) in [6, 6.07) is 6.83. The van der Waals surface area contributed by atoms with Crippen molar-refractivity contribution in [3.8, 4) is 0 Å². The molecule has 1 aromatic heterocycles. The number of nitro benzene ring substituents is 1. The average Bonchev–Trinajstić information content (AvgIpc) is 2.77. The van der Waals surface area contributed by atoms with E-state index in [2.05, 4.69) is 4.90 Å². The number of nitrogens with two attached hydrogens (primary N) is 1. The van der Waals surface area contributed by atoms with E-state index in [0.717, 1.165) is 23.4 Å². The molecule has 0 aliphatic heterocycles. The first-order valence-corrected chi connectivity index (χ1v) is 6.21. The molecule has 0 spiro atoms. The Morgan fingerprint density at radius 2 is 2.10 bits per heavy atom. The van der Waals surface area contributed by atoms with Gasteiger partial charge in [0.2, 0.25) is 0 Å². The van der Waals surface area contributed by atoms with Crippen LogP contribution in [0.5, 0.6) is 0 Å². The second kappa shape index (κ2) is 5.75. The van der Waals surface area contributed by atoms with Crippen molar-refractivity contribution in [3.05, 3.63) is 57.5 Å². The fraction of sp³-hybridized carbons (Fsp3) is 0.286. The van der Waals surface area contributed by atoms with Crippen LogP contribution in [-0.4, -0.2) is 16.9 Å². The van der Waals surface area contributed by atoms with Gasteiger partial charge >= 0.3 is 0 Å². The number of benzene rings is 1. The number of anilines is 1. The number of nitrogen functional groups attached to an aromatic ring is 1. The average molecular weight is 275 g/mol. The highest BCUT2D eigenvalue weighted by atomic mass is 16.6. The van der Waals surface area contributed by atoms with Crippen molar-refractivity contribution in [1.29, 1.82) is 0 Å². The van der Waals surface area contributed by atoms with Crippen molar-refractivity contribution < 1.29 is 9.34 Å². The van der Waals surface area contributed by atoms with E-state index in [-0.39, 0.29) is 11.4 Å². The van der Waals surface area contributed by atoms with Gasteiger partial charge in [-0.15, -0.1) is 0 Å². The summed E-state index contributed by atoms with van der Waals surface area (Å²) in [7, 11) is 1.95. The van der Waals surface area contributed by atoms with Gasteiger partial charge in [-0.2, -0.15) is 0 Å². The number of hydrogen-bond donors (Lipinski definition) is 1. The van der Waals surface area contributed by atoms with Crippen LogP contribution in [-0.2, 0) is 13.1 Å². The van der Waals surface area contributed by atoms with Gasteiger partial charge in [0, 0.05) is 24.7 Å². The first kappa shape index (κ1) is 14.1. The van der Waals surface area contributed by atoms with Crippen LogP contribution in [0, 0.1) is 17.0 Å². The van der Waals surface area contributed by atoms with Crippen LogP contribution in [0.25, 0.3) is 0 Å². The van der Waals surface area contributed by atoms with Gasteiger partial charge in [0.05, 0.1) is 11.2 Å². The van der Waals surface area contributed by atoms with Crippen molar-refractivity contribution in [2.75, 3.05) is 12.8 Å². The fourth-order valence-electron chi connectivity index (χ4n) is 2.08. The molecule has 6 nitrogen and oxygen atoms in total. The second-order valence-corrected chi connectivity index (χ2v) is 4.82. The molecule has 0 aliphatic carbocycles. The molecular formula is C14H17N3O3.